The van der Waals surface area contributed by atoms with Gasteiger partial charge in [-0.1, -0.05) is 0 Å². The highest BCUT2D eigenvalue weighted by Gasteiger charge is 2.34. The molecule has 1 saturated heterocycles. The van der Waals surface area contributed by atoms with Crippen LogP contribution in [0.25, 0.3) is 6.08 Å². The molecule has 7 nitrogen and oxygen atoms in total. The number of benzene rings is 1. The maximum absolute atomic E-state index is 12.4. The second-order valence-corrected chi connectivity index (χ2v) is 6.77. The Morgan fingerprint density at radius 2 is 1.96 bits per heavy atom. The molecular weight excluding hydrogens is 433 g/mol. The van der Waals surface area contributed by atoms with Crippen LogP contribution in [0.5, 0.6) is 0 Å². The molecule has 0 atom stereocenters. The first-order valence-electron chi connectivity index (χ1n) is 6.31. The number of nitro groups is 1. The Hall–Kier alpha value is -2.27. The van der Waals surface area contributed by atoms with Crippen LogP contribution in [0.2, 0.25) is 0 Å². The molecule has 0 saturated carbocycles. The number of halogens is 1. The zero-order valence-corrected chi connectivity index (χ0v) is 14.3. The van der Waals surface area contributed by atoms with E-state index in [2.05, 4.69) is 28.0 Å². The molecule has 0 radical (unpaired) electrons. The van der Waals surface area contributed by atoms with Gasteiger partial charge in [-0.05, 0) is 52.9 Å². The molecule has 2 amide bonds. The number of carbonyl (C=O) groups excluding carboxylic acids is 2. The quantitative estimate of drug-likeness (QED) is 0.261. The Morgan fingerprint density at radius 1 is 1.26 bits per heavy atom. The normalized spacial score (nSPS) is 16.0. The van der Waals surface area contributed by atoms with Crippen molar-refractivity contribution in [3.63, 3.8) is 0 Å². The van der Waals surface area contributed by atoms with Gasteiger partial charge in [0.15, 0.2) is 0 Å². The Morgan fingerprint density at radius 3 is 2.57 bits per heavy atom. The van der Waals surface area contributed by atoms with Crippen molar-refractivity contribution < 1.29 is 14.5 Å². The van der Waals surface area contributed by atoms with Crippen molar-refractivity contribution >= 4 is 63.2 Å². The molecule has 2 heterocycles. The summed E-state index contributed by atoms with van der Waals surface area (Å²) in [5.74, 6) is -1.03. The number of hydrazine groups is 1. The van der Waals surface area contributed by atoms with E-state index in [1.807, 2.05) is 12.1 Å². The monoisotopic (exact) mass is 441 g/mol. The lowest BCUT2D eigenvalue weighted by Crippen LogP contribution is -2.35. The highest BCUT2D eigenvalue weighted by molar-refractivity contribution is 14.1. The maximum atomic E-state index is 12.4. The van der Waals surface area contributed by atoms with Gasteiger partial charge in [-0.2, -0.15) is 0 Å². The fourth-order valence-corrected chi connectivity index (χ4v) is 3.13. The van der Waals surface area contributed by atoms with E-state index in [4.69, 9.17) is 0 Å². The summed E-state index contributed by atoms with van der Waals surface area (Å²) >= 11 is 3.24. The summed E-state index contributed by atoms with van der Waals surface area (Å²) in [6.45, 7) is 0. The van der Waals surface area contributed by atoms with Gasteiger partial charge in [-0.3, -0.25) is 25.1 Å². The molecule has 3 rings (SSSR count). The molecule has 9 heteroatoms. The smallest absolute Gasteiger partial charge is 0.267 e. The first kappa shape index (κ1) is 15.6. The highest BCUT2D eigenvalue weighted by atomic mass is 127. The van der Waals surface area contributed by atoms with E-state index in [-0.39, 0.29) is 11.3 Å². The van der Waals surface area contributed by atoms with Gasteiger partial charge in [0.2, 0.25) is 0 Å². The molecule has 23 heavy (non-hydrogen) atoms. The molecule has 1 aromatic heterocycles. The molecule has 1 aliphatic heterocycles. The van der Waals surface area contributed by atoms with E-state index >= 15 is 0 Å². The lowest BCUT2D eigenvalue weighted by molar-refractivity contribution is -0.384. The van der Waals surface area contributed by atoms with Crippen LogP contribution in [-0.2, 0) is 9.59 Å². The van der Waals surface area contributed by atoms with E-state index in [1.54, 1.807) is 12.1 Å². The lowest BCUT2D eigenvalue weighted by Gasteiger charge is -2.14. The van der Waals surface area contributed by atoms with Crippen LogP contribution in [-0.4, -0.2) is 16.7 Å². The number of thiophene rings is 1. The topological polar surface area (TPSA) is 92.6 Å². The van der Waals surface area contributed by atoms with Crippen LogP contribution in [0, 0.1) is 13.7 Å². The maximum Gasteiger partial charge on any atom is 0.282 e. The van der Waals surface area contributed by atoms with Crippen molar-refractivity contribution in [2.75, 3.05) is 5.01 Å². The number of hydrogen-bond donors (Lipinski definition) is 1. The Kier molecular flexibility index (Phi) is 4.13. The second kappa shape index (κ2) is 6.08. The van der Waals surface area contributed by atoms with E-state index in [9.17, 15) is 19.7 Å². The molecule has 1 aliphatic rings. The molecule has 116 valence electrons. The molecule has 1 N–H and O–H groups in total. The summed E-state index contributed by atoms with van der Waals surface area (Å²) in [5.41, 5.74) is 2.91. The van der Waals surface area contributed by atoms with Crippen LogP contribution in [0.3, 0.4) is 0 Å². The number of anilines is 1. The molecule has 0 unspecified atom stereocenters. The Balaban J connectivity index is 1.90. The lowest BCUT2D eigenvalue weighted by atomic mass is 10.2. The van der Waals surface area contributed by atoms with Gasteiger partial charge in [-0.25, -0.2) is 5.01 Å². The van der Waals surface area contributed by atoms with E-state index in [1.165, 1.54) is 17.5 Å². The first-order chi connectivity index (χ1) is 11.0. The van der Waals surface area contributed by atoms with Crippen molar-refractivity contribution in [1.82, 2.24) is 5.43 Å². The molecular formula is C14H8IN3O4S. The van der Waals surface area contributed by atoms with Crippen molar-refractivity contribution in [2.45, 2.75) is 0 Å². The first-order valence-corrected chi connectivity index (χ1v) is 8.27. The van der Waals surface area contributed by atoms with E-state index < -0.39 is 16.7 Å². The minimum absolute atomic E-state index is 0.0553. The standard InChI is InChI=1S/C14H8IN3O4S/c15-8-1-3-9(4-2-8)17-14(20)12(13(19)16-17)6-11-5-10(7-23-11)18(21)22/h1-7H,(H,16,19)/b12-6-. The van der Waals surface area contributed by atoms with Gasteiger partial charge in [0.25, 0.3) is 17.5 Å². The van der Waals surface area contributed by atoms with Crippen molar-refractivity contribution in [3.05, 3.63) is 59.8 Å². The average molecular weight is 441 g/mol. The van der Waals surface area contributed by atoms with Gasteiger partial charge < -0.3 is 0 Å². The molecule has 0 aliphatic carbocycles. The minimum Gasteiger partial charge on any atom is -0.267 e. The third-order valence-corrected chi connectivity index (χ3v) is 4.67. The summed E-state index contributed by atoms with van der Waals surface area (Å²) in [6, 6.07) is 8.41. The SMILES string of the molecule is O=C1NN(c2ccc(I)cc2)C(=O)/C1=C\c1cc([N+](=O)[O-])cs1. The summed E-state index contributed by atoms with van der Waals surface area (Å²) in [6.07, 6.45) is 1.36. The van der Waals surface area contributed by atoms with Gasteiger partial charge in [-0.15, -0.1) is 11.3 Å². The van der Waals surface area contributed by atoms with Gasteiger partial charge >= 0.3 is 0 Å². The fraction of sp³-hybridized carbons (Fsp3) is 0. The summed E-state index contributed by atoms with van der Waals surface area (Å²) in [7, 11) is 0. The number of rotatable bonds is 3. The third kappa shape index (κ3) is 3.10. The molecule has 1 aromatic carbocycles. The van der Waals surface area contributed by atoms with Crippen molar-refractivity contribution in [2.24, 2.45) is 0 Å². The average Bonchev–Trinajstić information content (AvgIpc) is 3.09. The molecule has 1 fully saturated rings. The van der Waals surface area contributed by atoms with Crippen LogP contribution in [0.1, 0.15) is 4.88 Å². The minimum atomic E-state index is -0.537. The summed E-state index contributed by atoms with van der Waals surface area (Å²) in [5, 5.41) is 13.2. The molecule has 0 spiro atoms. The van der Waals surface area contributed by atoms with Crippen LogP contribution in [0.4, 0.5) is 11.4 Å². The van der Waals surface area contributed by atoms with Gasteiger partial charge in [0.05, 0.1) is 16.0 Å². The largest absolute Gasteiger partial charge is 0.282 e. The predicted octanol–water partition coefficient (Wildman–Crippen LogP) is 2.72. The number of carbonyl (C=O) groups is 2. The third-order valence-electron chi connectivity index (χ3n) is 3.08. The second-order valence-electron chi connectivity index (χ2n) is 4.58. The zero-order chi connectivity index (χ0) is 16.6. The van der Waals surface area contributed by atoms with Crippen LogP contribution in [0.15, 0.2) is 41.3 Å². The number of hydrogen-bond acceptors (Lipinski definition) is 5. The van der Waals surface area contributed by atoms with Gasteiger partial charge in [0, 0.05) is 14.5 Å². The fourth-order valence-electron chi connectivity index (χ4n) is 1.99. The molecule has 0 bridgehead atoms. The van der Waals surface area contributed by atoms with Crippen molar-refractivity contribution in [3.8, 4) is 0 Å². The Bertz CT molecular complexity index is 844. The van der Waals surface area contributed by atoms with E-state index in [0.717, 1.165) is 19.9 Å². The summed E-state index contributed by atoms with van der Waals surface area (Å²) < 4.78 is 1.01. The van der Waals surface area contributed by atoms with Crippen LogP contribution < -0.4 is 10.4 Å². The Labute approximate surface area is 147 Å². The van der Waals surface area contributed by atoms with Gasteiger partial charge in [0.1, 0.15) is 5.57 Å². The van der Waals surface area contributed by atoms with Crippen LogP contribution >= 0.6 is 33.9 Å². The number of amides is 2. The zero-order valence-electron chi connectivity index (χ0n) is 11.4. The van der Waals surface area contributed by atoms with Crippen molar-refractivity contribution in [1.29, 1.82) is 0 Å². The predicted molar refractivity (Wildman–Crippen MR) is 93.7 cm³/mol. The summed E-state index contributed by atoms with van der Waals surface area (Å²) in [4.78, 5) is 35.0. The van der Waals surface area contributed by atoms with E-state index in [0.29, 0.717) is 10.6 Å². The number of nitrogens with zero attached hydrogens (tertiary/aromatic N) is 2. The highest BCUT2D eigenvalue weighted by Crippen LogP contribution is 2.26. The molecule has 2 aromatic rings. The number of nitrogens with one attached hydrogen (secondary N) is 1.